The van der Waals surface area contributed by atoms with Crippen LogP contribution in [0.3, 0.4) is 0 Å². The lowest BCUT2D eigenvalue weighted by Crippen LogP contribution is -2.24. The Bertz CT molecular complexity index is 800. The van der Waals surface area contributed by atoms with Crippen LogP contribution in [0.25, 0.3) is 5.76 Å². The lowest BCUT2D eigenvalue weighted by molar-refractivity contribution is -0.384. The van der Waals surface area contributed by atoms with E-state index >= 15 is 0 Å². The Labute approximate surface area is 129 Å². The van der Waals surface area contributed by atoms with Crippen molar-refractivity contribution in [2.24, 2.45) is 4.99 Å². The molecule has 0 unspecified atom stereocenters. The van der Waals surface area contributed by atoms with E-state index in [1.807, 2.05) is 0 Å². The first-order valence-corrected chi connectivity index (χ1v) is 6.63. The quantitative estimate of drug-likeness (QED) is 0.625. The van der Waals surface area contributed by atoms with Gasteiger partial charge in [0.2, 0.25) is 0 Å². The molecule has 0 saturated heterocycles. The molecular formula is C16H10F2N2O3. The first-order valence-electron chi connectivity index (χ1n) is 6.63. The highest BCUT2D eigenvalue weighted by atomic mass is 19.3. The average molecular weight is 316 g/mol. The van der Waals surface area contributed by atoms with E-state index in [9.17, 15) is 18.9 Å². The first kappa shape index (κ1) is 14.8. The van der Waals surface area contributed by atoms with Crippen LogP contribution >= 0.6 is 0 Å². The summed E-state index contributed by atoms with van der Waals surface area (Å²) in [4.78, 5) is 13.8. The molecule has 0 N–H and O–H groups in total. The van der Waals surface area contributed by atoms with Crippen molar-refractivity contribution >= 4 is 22.8 Å². The Hall–Kier alpha value is -3.09. The van der Waals surface area contributed by atoms with Crippen LogP contribution < -0.4 is 0 Å². The van der Waals surface area contributed by atoms with E-state index in [0.717, 1.165) is 6.08 Å². The minimum absolute atomic E-state index is 0.0243. The van der Waals surface area contributed by atoms with Crippen molar-refractivity contribution in [3.05, 3.63) is 76.4 Å². The summed E-state index contributed by atoms with van der Waals surface area (Å²) in [5.41, 5.74) is 0.00890. The van der Waals surface area contributed by atoms with Gasteiger partial charge in [0.25, 0.3) is 5.69 Å². The molecule has 2 aromatic carbocycles. The molecule has 0 bridgehead atoms. The molecule has 116 valence electrons. The SMILES string of the molecule is O=[N+]([O-])c1ccc(N=C2C=C(c3ccccc3)OC2(F)F)cc1. The molecule has 0 spiro atoms. The molecule has 3 rings (SSSR count). The second-order valence-corrected chi connectivity index (χ2v) is 4.76. The molecule has 2 aromatic rings. The third kappa shape index (κ3) is 3.08. The van der Waals surface area contributed by atoms with Gasteiger partial charge in [0.05, 0.1) is 10.6 Å². The first-order chi connectivity index (χ1) is 11.0. The summed E-state index contributed by atoms with van der Waals surface area (Å²) in [6.45, 7) is 0. The molecular weight excluding hydrogens is 306 g/mol. The summed E-state index contributed by atoms with van der Waals surface area (Å²) in [5.74, 6) is 0.0243. The second kappa shape index (κ2) is 5.60. The van der Waals surface area contributed by atoms with Gasteiger partial charge in [-0.25, -0.2) is 4.99 Å². The number of nitrogens with zero attached hydrogens (tertiary/aromatic N) is 2. The van der Waals surface area contributed by atoms with Gasteiger partial charge in [0.15, 0.2) is 5.71 Å². The average Bonchev–Trinajstić information content (AvgIpc) is 2.84. The molecule has 1 heterocycles. The van der Waals surface area contributed by atoms with Gasteiger partial charge in [-0.2, -0.15) is 8.78 Å². The topological polar surface area (TPSA) is 64.7 Å². The molecule has 0 aliphatic carbocycles. The normalized spacial score (nSPS) is 17.7. The minimum atomic E-state index is -3.55. The van der Waals surface area contributed by atoms with Crippen molar-refractivity contribution < 1.29 is 18.4 Å². The van der Waals surface area contributed by atoms with Gasteiger partial charge >= 0.3 is 6.11 Å². The highest BCUT2D eigenvalue weighted by Crippen LogP contribution is 2.35. The Morgan fingerprint density at radius 1 is 1.04 bits per heavy atom. The minimum Gasteiger partial charge on any atom is -0.427 e. The van der Waals surface area contributed by atoms with Crippen LogP contribution in [0.5, 0.6) is 0 Å². The molecule has 1 aliphatic heterocycles. The van der Waals surface area contributed by atoms with Crippen molar-refractivity contribution in [3.8, 4) is 0 Å². The van der Waals surface area contributed by atoms with Crippen LogP contribution in [0.2, 0.25) is 0 Å². The number of rotatable bonds is 3. The van der Waals surface area contributed by atoms with Crippen LogP contribution in [0.1, 0.15) is 5.56 Å². The van der Waals surface area contributed by atoms with Crippen LogP contribution in [0.15, 0.2) is 65.7 Å². The molecule has 0 atom stereocenters. The van der Waals surface area contributed by atoms with E-state index in [2.05, 4.69) is 9.73 Å². The van der Waals surface area contributed by atoms with Gasteiger partial charge in [0, 0.05) is 23.8 Å². The summed E-state index contributed by atoms with van der Waals surface area (Å²) in [7, 11) is 0. The van der Waals surface area contributed by atoms with Gasteiger partial charge in [-0.15, -0.1) is 0 Å². The fraction of sp³-hybridized carbons (Fsp3) is 0.0625. The molecule has 23 heavy (non-hydrogen) atoms. The number of hydrogen-bond acceptors (Lipinski definition) is 4. The predicted octanol–water partition coefficient (Wildman–Crippen LogP) is 4.33. The smallest absolute Gasteiger partial charge is 0.427 e. The number of halogens is 2. The zero-order valence-corrected chi connectivity index (χ0v) is 11.6. The zero-order chi connectivity index (χ0) is 16.4. The highest BCUT2D eigenvalue weighted by molar-refractivity contribution is 6.08. The van der Waals surface area contributed by atoms with Gasteiger partial charge in [-0.05, 0) is 12.1 Å². The number of nitro benzene ring substituents is 1. The number of nitro groups is 1. The highest BCUT2D eigenvalue weighted by Gasteiger charge is 2.44. The van der Waals surface area contributed by atoms with Gasteiger partial charge in [0.1, 0.15) is 5.76 Å². The van der Waals surface area contributed by atoms with Crippen molar-refractivity contribution in [2.75, 3.05) is 0 Å². The summed E-state index contributed by atoms with van der Waals surface area (Å²) in [6.07, 6.45) is -2.39. The third-order valence-corrected chi connectivity index (χ3v) is 3.17. The van der Waals surface area contributed by atoms with Crippen LogP contribution in [-0.2, 0) is 4.74 Å². The lowest BCUT2D eigenvalue weighted by atomic mass is 10.2. The monoisotopic (exact) mass is 316 g/mol. The van der Waals surface area contributed by atoms with Crippen molar-refractivity contribution in [3.63, 3.8) is 0 Å². The standard InChI is InChI=1S/C16H10F2N2O3/c17-16(18)15(10-14(23-16)11-4-2-1-3-5-11)19-12-6-8-13(9-7-12)20(21)22/h1-10H. The molecule has 1 aliphatic rings. The van der Waals surface area contributed by atoms with Crippen molar-refractivity contribution in [1.29, 1.82) is 0 Å². The maximum atomic E-state index is 13.9. The molecule has 7 heteroatoms. The predicted molar refractivity (Wildman–Crippen MR) is 80.6 cm³/mol. The van der Waals surface area contributed by atoms with Crippen LogP contribution in [-0.4, -0.2) is 16.7 Å². The molecule has 0 saturated carbocycles. The van der Waals surface area contributed by atoms with Gasteiger partial charge in [-0.3, -0.25) is 10.1 Å². The second-order valence-electron chi connectivity index (χ2n) is 4.76. The number of non-ortho nitro benzene ring substituents is 1. The molecule has 0 amide bonds. The fourth-order valence-corrected chi connectivity index (χ4v) is 2.06. The Kier molecular flexibility index (Phi) is 3.61. The largest absolute Gasteiger partial charge is 0.444 e. The van der Waals surface area contributed by atoms with Crippen molar-refractivity contribution in [1.82, 2.24) is 0 Å². The molecule has 0 radical (unpaired) electrons. The molecule has 0 fully saturated rings. The Balaban J connectivity index is 1.93. The Morgan fingerprint density at radius 2 is 1.70 bits per heavy atom. The van der Waals surface area contributed by atoms with E-state index in [1.165, 1.54) is 24.3 Å². The molecule has 0 aromatic heterocycles. The third-order valence-electron chi connectivity index (χ3n) is 3.17. The summed E-state index contributed by atoms with van der Waals surface area (Å²) >= 11 is 0. The van der Waals surface area contributed by atoms with Crippen LogP contribution in [0.4, 0.5) is 20.2 Å². The van der Waals surface area contributed by atoms with Crippen LogP contribution in [0, 0.1) is 10.1 Å². The number of benzene rings is 2. The van der Waals surface area contributed by atoms with Gasteiger partial charge < -0.3 is 4.74 Å². The molecule has 5 nitrogen and oxygen atoms in total. The van der Waals surface area contributed by atoms with E-state index in [1.54, 1.807) is 30.3 Å². The zero-order valence-electron chi connectivity index (χ0n) is 11.6. The lowest BCUT2D eigenvalue weighted by Gasteiger charge is -2.11. The maximum Gasteiger partial charge on any atom is 0.444 e. The summed E-state index contributed by atoms with van der Waals surface area (Å²) < 4.78 is 32.5. The van der Waals surface area contributed by atoms with E-state index in [-0.39, 0.29) is 17.1 Å². The summed E-state index contributed by atoms with van der Waals surface area (Å²) in [6, 6.07) is 13.5. The van der Waals surface area contributed by atoms with E-state index in [4.69, 9.17) is 0 Å². The van der Waals surface area contributed by atoms with E-state index in [0.29, 0.717) is 5.56 Å². The van der Waals surface area contributed by atoms with Crippen molar-refractivity contribution in [2.45, 2.75) is 6.11 Å². The maximum absolute atomic E-state index is 13.9. The fourth-order valence-electron chi connectivity index (χ4n) is 2.06. The number of hydrogen-bond donors (Lipinski definition) is 0. The number of aliphatic imine (C=N–C) groups is 1. The number of alkyl halides is 2. The van der Waals surface area contributed by atoms with E-state index < -0.39 is 16.7 Å². The number of ether oxygens (including phenoxy) is 1. The Morgan fingerprint density at radius 3 is 2.30 bits per heavy atom. The van der Waals surface area contributed by atoms with Gasteiger partial charge in [-0.1, -0.05) is 30.3 Å². The summed E-state index contributed by atoms with van der Waals surface area (Å²) in [5, 5.41) is 10.6.